The van der Waals surface area contributed by atoms with Gasteiger partial charge >= 0.3 is 0 Å². The van der Waals surface area contributed by atoms with Crippen LogP contribution in [0.2, 0.25) is 0 Å². The molecule has 0 aliphatic heterocycles. The van der Waals surface area contributed by atoms with Crippen molar-refractivity contribution < 1.29 is 14.0 Å². The maximum Gasteiger partial charge on any atom is 0.287 e. The fraction of sp³-hybridized carbons (Fsp3) is 0.207. The average Bonchev–Trinajstić information content (AvgIpc) is 3.56. The maximum absolute atomic E-state index is 12.8. The summed E-state index contributed by atoms with van der Waals surface area (Å²) in [5.74, 6) is 0.577. The summed E-state index contributed by atoms with van der Waals surface area (Å²) in [5, 5.41) is 9.42. The molecule has 2 aromatic heterocycles. The highest BCUT2D eigenvalue weighted by Crippen LogP contribution is 2.30. The number of hydrogen-bond donors (Lipinski definition) is 2. The van der Waals surface area contributed by atoms with E-state index in [9.17, 15) is 9.59 Å². The molecule has 0 atom stereocenters. The number of thiophene rings is 1. The highest BCUT2D eigenvalue weighted by Gasteiger charge is 2.28. The number of carbonyl (C=O) groups excluding carboxylic acids is 2. The molecule has 0 fully saturated rings. The second kappa shape index (κ2) is 10.7. The molecule has 0 saturated heterocycles. The van der Waals surface area contributed by atoms with Gasteiger partial charge in [0.1, 0.15) is 5.76 Å². The standard InChI is InChI=1S/C29H27N3O3S/c1-19-26-24(31-32-28(33)22-14-12-21(13-15-22)20-7-3-2-4-8-20)10-5-11-25(26)35-27(19)29(34)30-17-16-23-9-6-18-36-23/h2-4,6-9,12-15,18H,5,10-11,16-17H2,1H3,(H,30,34)(H,32,33). The van der Waals surface area contributed by atoms with Gasteiger partial charge in [0.05, 0.1) is 5.71 Å². The lowest BCUT2D eigenvalue weighted by Crippen LogP contribution is -2.26. The smallest absolute Gasteiger partial charge is 0.287 e. The molecule has 2 aromatic carbocycles. The van der Waals surface area contributed by atoms with Crippen LogP contribution >= 0.6 is 11.3 Å². The third-order valence-electron chi connectivity index (χ3n) is 6.32. The molecule has 182 valence electrons. The summed E-state index contributed by atoms with van der Waals surface area (Å²) >= 11 is 1.68. The van der Waals surface area contributed by atoms with Gasteiger partial charge < -0.3 is 9.73 Å². The van der Waals surface area contributed by atoms with Gasteiger partial charge in [0.15, 0.2) is 5.76 Å². The highest BCUT2D eigenvalue weighted by atomic mass is 32.1. The first-order valence-electron chi connectivity index (χ1n) is 12.1. The van der Waals surface area contributed by atoms with Crippen LogP contribution in [0.5, 0.6) is 0 Å². The zero-order valence-corrected chi connectivity index (χ0v) is 20.9. The molecule has 1 aliphatic carbocycles. The number of amides is 2. The van der Waals surface area contributed by atoms with Crippen LogP contribution in [0, 0.1) is 6.92 Å². The number of benzene rings is 2. The molecule has 0 saturated carbocycles. The maximum atomic E-state index is 12.8. The van der Waals surface area contributed by atoms with Gasteiger partial charge in [-0.1, -0.05) is 48.5 Å². The van der Waals surface area contributed by atoms with Crippen LogP contribution < -0.4 is 10.7 Å². The summed E-state index contributed by atoms with van der Waals surface area (Å²) in [5.41, 5.74) is 7.71. The van der Waals surface area contributed by atoms with E-state index < -0.39 is 0 Å². The summed E-state index contributed by atoms with van der Waals surface area (Å²) in [6, 6.07) is 21.5. The van der Waals surface area contributed by atoms with E-state index in [1.54, 1.807) is 23.5 Å². The molecule has 36 heavy (non-hydrogen) atoms. The van der Waals surface area contributed by atoms with Gasteiger partial charge in [-0.05, 0) is 60.9 Å². The first-order valence-corrected chi connectivity index (χ1v) is 12.9. The minimum atomic E-state index is -0.276. The van der Waals surface area contributed by atoms with Crippen LogP contribution in [0.25, 0.3) is 11.1 Å². The van der Waals surface area contributed by atoms with Crippen molar-refractivity contribution in [1.82, 2.24) is 10.7 Å². The fourth-order valence-electron chi connectivity index (χ4n) is 4.46. The van der Waals surface area contributed by atoms with Gasteiger partial charge in [-0.15, -0.1) is 11.3 Å². The molecule has 0 unspecified atom stereocenters. The summed E-state index contributed by atoms with van der Waals surface area (Å²) < 4.78 is 5.96. The van der Waals surface area contributed by atoms with E-state index in [-0.39, 0.29) is 11.8 Å². The third kappa shape index (κ3) is 5.16. The lowest BCUT2D eigenvalue weighted by molar-refractivity contribution is 0.0922. The second-order valence-electron chi connectivity index (χ2n) is 8.74. The van der Waals surface area contributed by atoms with Crippen molar-refractivity contribution >= 4 is 28.9 Å². The van der Waals surface area contributed by atoms with Crippen LogP contribution in [0.4, 0.5) is 0 Å². The lowest BCUT2D eigenvalue weighted by Gasteiger charge is -2.13. The monoisotopic (exact) mass is 497 g/mol. The van der Waals surface area contributed by atoms with Crippen molar-refractivity contribution in [2.45, 2.75) is 32.6 Å². The zero-order chi connectivity index (χ0) is 24.9. The van der Waals surface area contributed by atoms with E-state index in [0.29, 0.717) is 24.3 Å². The first-order chi connectivity index (χ1) is 17.6. The Labute approximate surface area is 214 Å². The van der Waals surface area contributed by atoms with Gasteiger partial charge in [-0.3, -0.25) is 9.59 Å². The Morgan fingerprint density at radius 1 is 0.944 bits per heavy atom. The van der Waals surface area contributed by atoms with E-state index in [4.69, 9.17) is 4.42 Å². The number of hydrazone groups is 1. The quantitative estimate of drug-likeness (QED) is 0.319. The zero-order valence-electron chi connectivity index (χ0n) is 20.0. The second-order valence-corrected chi connectivity index (χ2v) is 9.77. The minimum absolute atomic E-state index is 0.222. The molecular formula is C29H27N3O3S. The normalized spacial score (nSPS) is 13.9. The lowest BCUT2D eigenvalue weighted by atomic mass is 9.93. The Balaban J connectivity index is 1.26. The number of carbonyl (C=O) groups is 2. The first kappa shape index (κ1) is 23.8. The SMILES string of the molecule is Cc1c(C(=O)NCCc2cccs2)oc2c1C(=NNC(=O)c1ccc(-c3ccccc3)cc1)CCC2. The van der Waals surface area contributed by atoms with Crippen molar-refractivity contribution in [3.8, 4) is 11.1 Å². The summed E-state index contributed by atoms with van der Waals surface area (Å²) in [6.45, 7) is 2.42. The number of aryl methyl sites for hydroxylation is 1. The van der Waals surface area contributed by atoms with E-state index in [1.807, 2.05) is 60.8 Å². The number of nitrogens with zero attached hydrogens (tertiary/aromatic N) is 1. The Bertz CT molecular complexity index is 1390. The molecule has 0 radical (unpaired) electrons. The van der Waals surface area contributed by atoms with Crippen LogP contribution in [0.15, 0.2) is 81.6 Å². The van der Waals surface area contributed by atoms with Crippen LogP contribution in [0.3, 0.4) is 0 Å². The molecule has 2 amide bonds. The Morgan fingerprint density at radius 2 is 1.72 bits per heavy atom. The van der Waals surface area contributed by atoms with Crippen molar-refractivity contribution in [2.75, 3.05) is 6.54 Å². The molecule has 0 spiro atoms. The highest BCUT2D eigenvalue weighted by molar-refractivity contribution is 7.09. The predicted molar refractivity (Wildman–Crippen MR) is 143 cm³/mol. The van der Waals surface area contributed by atoms with Crippen LogP contribution in [-0.4, -0.2) is 24.1 Å². The van der Waals surface area contributed by atoms with E-state index >= 15 is 0 Å². The number of fused-ring (bicyclic) bond motifs is 1. The van der Waals surface area contributed by atoms with Gasteiger partial charge in [-0.2, -0.15) is 5.10 Å². The van der Waals surface area contributed by atoms with Gasteiger partial charge in [0, 0.05) is 34.5 Å². The predicted octanol–water partition coefficient (Wildman–Crippen LogP) is 5.76. The number of nitrogens with one attached hydrogen (secondary N) is 2. The van der Waals surface area contributed by atoms with Crippen molar-refractivity contribution in [3.05, 3.63) is 105 Å². The van der Waals surface area contributed by atoms with Crippen LogP contribution in [-0.2, 0) is 12.8 Å². The number of rotatable bonds is 7. The van der Waals surface area contributed by atoms with Crippen molar-refractivity contribution in [1.29, 1.82) is 0 Å². The topological polar surface area (TPSA) is 83.7 Å². The summed E-state index contributed by atoms with van der Waals surface area (Å²) in [6.07, 6.45) is 3.08. The van der Waals surface area contributed by atoms with Crippen LogP contribution in [0.1, 0.15) is 55.5 Å². The molecule has 5 rings (SSSR count). The molecule has 4 aromatic rings. The fourth-order valence-corrected chi connectivity index (χ4v) is 5.17. The van der Waals surface area contributed by atoms with Crippen molar-refractivity contribution in [3.63, 3.8) is 0 Å². The molecule has 6 nitrogen and oxygen atoms in total. The van der Waals surface area contributed by atoms with Gasteiger partial charge in [0.2, 0.25) is 0 Å². The van der Waals surface area contributed by atoms with E-state index in [1.165, 1.54) is 4.88 Å². The third-order valence-corrected chi connectivity index (χ3v) is 7.25. The van der Waals surface area contributed by atoms with Gasteiger partial charge in [0.25, 0.3) is 11.8 Å². The molecule has 2 heterocycles. The molecule has 0 bridgehead atoms. The summed E-state index contributed by atoms with van der Waals surface area (Å²) in [4.78, 5) is 26.8. The Kier molecular flexibility index (Phi) is 7.09. The van der Waals surface area contributed by atoms with E-state index in [2.05, 4.69) is 21.9 Å². The molecule has 7 heteroatoms. The largest absolute Gasteiger partial charge is 0.455 e. The van der Waals surface area contributed by atoms with E-state index in [0.717, 1.165) is 53.0 Å². The molecular weight excluding hydrogens is 470 g/mol. The molecule has 2 N–H and O–H groups in total. The number of furan rings is 1. The van der Waals surface area contributed by atoms with Crippen molar-refractivity contribution in [2.24, 2.45) is 5.10 Å². The Hall–Kier alpha value is -3.97. The molecule has 1 aliphatic rings. The number of hydrogen-bond acceptors (Lipinski definition) is 5. The average molecular weight is 498 g/mol. The Morgan fingerprint density at radius 3 is 2.47 bits per heavy atom. The summed E-state index contributed by atoms with van der Waals surface area (Å²) in [7, 11) is 0. The van der Waals surface area contributed by atoms with Gasteiger partial charge in [-0.25, -0.2) is 5.43 Å². The minimum Gasteiger partial charge on any atom is -0.455 e.